The van der Waals surface area contributed by atoms with Gasteiger partial charge in [-0.3, -0.25) is 14.4 Å². The second-order valence-corrected chi connectivity index (χ2v) is 7.28. The van der Waals surface area contributed by atoms with Crippen molar-refractivity contribution >= 4 is 17.7 Å². The Morgan fingerprint density at radius 3 is 2.56 bits per heavy atom. The average molecular weight is 348 g/mol. The van der Waals surface area contributed by atoms with Crippen LogP contribution in [0.25, 0.3) is 0 Å². The molecule has 3 rings (SSSR count). The van der Waals surface area contributed by atoms with Gasteiger partial charge in [-0.2, -0.15) is 0 Å². The van der Waals surface area contributed by atoms with E-state index in [0.29, 0.717) is 37.6 Å². The van der Waals surface area contributed by atoms with Gasteiger partial charge in [-0.25, -0.2) is 4.98 Å². The van der Waals surface area contributed by atoms with E-state index in [1.54, 1.807) is 11.9 Å². The molecule has 1 aromatic rings. The Balaban J connectivity index is 1.83. The van der Waals surface area contributed by atoms with Gasteiger partial charge in [0, 0.05) is 38.5 Å². The highest BCUT2D eigenvalue weighted by atomic mass is 16.4. The van der Waals surface area contributed by atoms with Gasteiger partial charge in [-0.1, -0.05) is 13.8 Å². The van der Waals surface area contributed by atoms with Crippen LogP contribution in [0.1, 0.15) is 44.9 Å². The molecule has 1 aromatic heterocycles. The number of rotatable bonds is 3. The first kappa shape index (κ1) is 17.4. The van der Waals surface area contributed by atoms with Crippen molar-refractivity contribution in [3.8, 4) is 0 Å². The van der Waals surface area contributed by atoms with E-state index in [2.05, 4.69) is 9.97 Å². The normalized spacial score (nSPS) is 22.9. The number of nitrogens with one attached hydrogen (secondary N) is 1. The summed E-state index contributed by atoms with van der Waals surface area (Å²) in [4.78, 5) is 46.5. The molecule has 0 aromatic carbocycles. The lowest BCUT2D eigenvalue weighted by molar-refractivity contribution is -0.145. The van der Waals surface area contributed by atoms with E-state index < -0.39 is 17.4 Å². The Hall–Kier alpha value is -2.38. The number of hydrogen-bond donors (Lipinski definition) is 2. The van der Waals surface area contributed by atoms with E-state index in [1.165, 1.54) is 6.07 Å². The predicted octanol–water partition coefficient (Wildman–Crippen LogP) is 0.795. The number of carbonyl (C=O) groups is 2. The number of carboxylic acid groups (broad SMARTS) is 1. The van der Waals surface area contributed by atoms with Gasteiger partial charge in [0.2, 0.25) is 5.91 Å². The number of aliphatic carboxylic acids is 1. The number of nitrogens with zero attached hydrogens (tertiary/aromatic N) is 3. The molecule has 0 unspecified atom stereocenters. The number of carbonyl (C=O) groups excluding carboxylic acids is 1. The monoisotopic (exact) mass is 348 g/mol. The molecule has 8 nitrogen and oxygen atoms in total. The van der Waals surface area contributed by atoms with E-state index in [0.717, 1.165) is 0 Å². The molecular weight excluding hydrogens is 324 g/mol. The van der Waals surface area contributed by atoms with E-state index in [1.807, 2.05) is 18.7 Å². The number of piperidine rings is 1. The maximum Gasteiger partial charge on any atom is 0.309 e. The zero-order valence-electron chi connectivity index (χ0n) is 14.8. The van der Waals surface area contributed by atoms with Crippen LogP contribution in [0.4, 0.5) is 5.82 Å². The second-order valence-electron chi connectivity index (χ2n) is 7.28. The van der Waals surface area contributed by atoms with Crippen LogP contribution in [-0.2, 0) is 9.59 Å². The fourth-order valence-electron chi connectivity index (χ4n) is 4.01. The molecule has 0 aliphatic carbocycles. The topological polar surface area (TPSA) is 107 Å². The Morgan fingerprint density at radius 2 is 2.00 bits per heavy atom. The Bertz CT molecular complexity index is 749. The highest BCUT2D eigenvalue weighted by molar-refractivity contribution is 5.88. The SMILES string of the molecule is CC(C)c1nc(N2CCC3(CC2)[C@H](C(=O)O)CC(=O)N3C)cc(=O)[nH]1. The highest BCUT2D eigenvalue weighted by Gasteiger charge is 2.55. The zero-order chi connectivity index (χ0) is 18.4. The van der Waals surface area contributed by atoms with Gasteiger partial charge in [0.1, 0.15) is 11.6 Å². The van der Waals surface area contributed by atoms with Gasteiger partial charge < -0.3 is 19.9 Å². The van der Waals surface area contributed by atoms with Crippen molar-refractivity contribution in [1.29, 1.82) is 0 Å². The van der Waals surface area contributed by atoms with E-state index in [9.17, 15) is 19.5 Å². The Labute approximate surface area is 145 Å². The molecule has 8 heteroatoms. The van der Waals surface area contributed by atoms with Crippen LogP contribution in [0.5, 0.6) is 0 Å². The summed E-state index contributed by atoms with van der Waals surface area (Å²) < 4.78 is 0. The minimum absolute atomic E-state index is 0.0621. The van der Waals surface area contributed by atoms with Crippen molar-refractivity contribution in [3.05, 3.63) is 22.2 Å². The summed E-state index contributed by atoms with van der Waals surface area (Å²) in [6.07, 6.45) is 1.17. The molecule has 2 fully saturated rings. The van der Waals surface area contributed by atoms with Crippen molar-refractivity contribution in [2.24, 2.45) is 5.92 Å². The van der Waals surface area contributed by atoms with Crippen molar-refractivity contribution in [3.63, 3.8) is 0 Å². The molecule has 2 N–H and O–H groups in total. The van der Waals surface area contributed by atoms with Gasteiger partial charge in [0.05, 0.1) is 11.5 Å². The third-order valence-electron chi connectivity index (χ3n) is 5.61. The van der Waals surface area contributed by atoms with Gasteiger partial charge in [0.25, 0.3) is 5.56 Å². The van der Waals surface area contributed by atoms with Crippen LogP contribution >= 0.6 is 0 Å². The molecule has 0 saturated carbocycles. The molecule has 25 heavy (non-hydrogen) atoms. The number of hydrogen-bond acceptors (Lipinski definition) is 5. The van der Waals surface area contributed by atoms with Gasteiger partial charge in [0.15, 0.2) is 0 Å². The summed E-state index contributed by atoms with van der Waals surface area (Å²) in [5, 5.41) is 9.53. The summed E-state index contributed by atoms with van der Waals surface area (Å²) in [6.45, 7) is 5.05. The summed E-state index contributed by atoms with van der Waals surface area (Å²) in [5.41, 5.74) is -0.827. The molecule has 2 saturated heterocycles. The average Bonchev–Trinajstić information content (AvgIpc) is 2.80. The Kier molecular flexibility index (Phi) is 4.30. The number of amides is 1. The zero-order valence-corrected chi connectivity index (χ0v) is 14.8. The summed E-state index contributed by atoms with van der Waals surface area (Å²) in [5.74, 6) is -0.343. The molecule has 2 aliphatic heterocycles. The summed E-state index contributed by atoms with van der Waals surface area (Å²) in [7, 11) is 1.70. The minimum atomic E-state index is -0.914. The van der Waals surface area contributed by atoms with Crippen LogP contribution in [-0.4, -0.2) is 57.5 Å². The number of aromatic amines is 1. The lowest BCUT2D eigenvalue weighted by Crippen LogP contribution is -2.56. The largest absolute Gasteiger partial charge is 0.481 e. The maximum atomic E-state index is 12.1. The first-order chi connectivity index (χ1) is 11.7. The smallest absolute Gasteiger partial charge is 0.309 e. The number of anilines is 1. The molecule has 1 spiro atoms. The van der Waals surface area contributed by atoms with Crippen LogP contribution in [0.3, 0.4) is 0 Å². The van der Waals surface area contributed by atoms with Crippen LogP contribution < -0.4 is 10.5 Å². The van der Waals surface area contributed by atoms with Gasteiger partial charge in [-0.15, -0.1) is 0 Å². The number of likely N-dealkylation sites (tertiary alicyclic amines) is 1. The lowest BCUT2D eigenvalue weighted by Gasteiger charge is -2.45. The fraction of sp³-hybridized carbons (Fsp3) is 0.647. The quantitative estimate of drug-likeness (QED) is 0.837. The molecule has 2 aliphatic rings. The van der Waals surface area contributed by atoms with Crippen LogP contribution in [0.15, 0.2) is 10.9 Å². The number of aromatic nitrogens is 2. The van der Waals surface area contributed by atoms with E-state index in [4.69, 9.17) is 0 Å². The third-order valence-corrected chi connectivity index (χ3v) is 5.61. The van der Waals surface area contributed by atoms with Crippen molar-refractivity contribution < 1.29 is 14.7 Å². The fourth-order valence-corrected chi connectivity index (χ4v) is 4.01. The minimum Gasteiger partial charge on any atom is -0.481 e. The standard InChI is InChI=1S/C17H24N4O4/c1-10(2)15-18-12(9-13(22)19-15)21-6-4-17(5-7-21)11(16(24)25)8-14(23)20(17)3/h9-11H,4-8H2,1-3H3,(H,24,25)(H,18,19,22)/t11-/m0/s1. The van der Waals surface area contributed by atoms with Crippen molar-refractivity contribution in [2.45, 2.75) is 44.6 Å². The van der Waals surface area contributed by atoms with Crippen LogP contribution in [0.2, 0.25) is 0 Å². The maximum absolute atomic E-state index is 12.1. The lowest BCUT2D eigenvalue weighted by atomic mass is 9.77. The Morgan fingerprint density at radius 1 is 1.36 bits per heavy atom. The van der Waals surface area contributed by atoms with E-state index >= 15 is 0 Å². The second kappa shape index (κ2) is 6.16. The number of H-pyrrole nitrogens is 1. The highest BCUT2D eigenvalue weighted by Crippen LogP contribution is 2.43. The third kappa shape index (κ3) is 2.89. The first-order valence-corrected chi connectivity index (χ1v) is 8.60. The van der Waals surface area contributed by atoms with Crippen molar-refractivity contribution in [1.82, 2.24) is 14.9 Å². The molecule has 1 atom stereocenters. The van der Waals surface area contributed by atoms with E-state index in [-0.39, 0.29) is 23.8 Å². The molecule has 3 heterocycles. The summed E-state index contributed by atoms with van der Waals surface area (Å²) >= 11 is 0. The van der Waals surface area contributed by atoms with Crippen molar-refractivity contribution in [2.75, 3.05) is 25.0 Å². The molecular formula is C17H24N4O4. The van der Waals surface area contributed by atoms with Crippen LogP contribution in [0, 0.1) is 5.92 Å². The number of carboxylic acids is 1. The first-order valence-electron chi connectivity index (χ1n) is 8.60. The molecule has 0 bridgehead atoms. The molecule has 136 valence electrons. The molecule has 1 amide bonds. The predicted molar refractivity (Wildman–Crippen MR) is 91.6 cm³/mol. The summed E-state index contributed by atoms with van der Waals surface area (Å²) in [6, 6.07) is 1.47. The van der Waals surface area contributed by atoms with Gasteiger partial charge in [-0.05, 0) is 12.8 Å². The van der Waals surface area contributed by atoms with Gasteiger partial charge >= 0.3 is 5.97 Å². The molecule has 0 radical (unpaired) electrons.